The molecule has 5 heteroatoms. The molecule has 316 valence electrons. The monoisotopic (exact) mass is 842 g/mol. The number of thiophene rings is 1. The molecule has 2 aliphatic heterocycles. The van der Waals surface area contributed by atoms with Gasteiger partial charge < -0.3 is 14.5 Å². The molecule has 0 saturated heterocycles. The molecule has 0 amide bonds. The minimum absolute atomic E-state index is 0.0274. The molecule has 10 rings (SSSR count). The highest BCUT2D eigenvalue weighted by atomic mass is 32.1. The first-order valence-electron chi connectivity index (χ1n) is 22.6. The summed E-state index contributed by atoms with van der Waals surface area (Å²) in [5.41, 5.74) is 16.0. The molecule has 0 N–H and O–H groups in total. The van der Waals surface area contributed by atoms with Crippen molar-refractivity contribution in [3.63, 3.8) is 0 Å². The molecule has 7 aromatic carbocycles. The van der Waals surface area contributed by atoms with Crippen molar-refractivity contribution in [2.75, 3.05) is 9.80 Å². The van der Waals surface area contributed by atoms with E-state index in [2.05, 4.69) is 232 Å². The van der Waals surface area contributed by atoms with Gasteiger partial charge in [0.05, 0.1) is 5.69 Å². The van der Waals surface area contributed by atoms with Crippen molar-refractivity contribution in [3.05, 3.63) is 162 Å². The Bertz CT molecular complexity index is 3000. The Morgan fingerprint density at radius 3 is 1.60 bits per heavy atom. The maximum atomic E-state index is 6.94. The summed E-state index contributed by atoms with van der Waals surface area (Å²) < 4.78 is 9.53. The summed E-state index contributed by atoms with van der Waals surface area (Å²) >= 11 is 1.93. The molecule has 63 heavy (non-hydrogen) atoms. The molecule has 2 aliphatic rings. The lowest BCUT2D eigenvalue weighted by Crippen LogP contribution is -2.59. The summed E-state index contributed by atoms with van der Waals surface area (Å²) in [6.45, 7) is 27.5. The van der Waals surface area contributed by atoms with Gasteiger partial charge in [0.1, 0.15) is 11.5 Å². The van der Waals surface area contributed by atoms with E-state index in [-0.39, 0.29) is 28.4 Å². The van der Waals surface area contributed by atoms with E-state index in [1.165, 1.54) is 70.2 Å². The Morgan fingerprint density at radius 2 is 1.03 bits per heavy atom. The zero-order valence-corrected chi connectivity index (χ0v) is 39.9. The van der Waals surface area contributed by atoms with E-state index in [9.17, 15) is 0 Å². The second-order valence-electron chi connectivity index (χ2n) is 21.9. The smallest absolute Gasteiger partial charge is 0.258 e. The molecular weight excluding hydrogens is 784 g/mol. The molecule has 0 saturated carbocycles. The van der Waals surface area contributed by atoms with E-state index < -0.39 is 0 Å². The molecule has 3 nitrogen and oxygen atoms in total. The van der Waals surface area contributed by atoms with E-state index in [4.69, 9.17) is 4.74 Å². The van der Waals surface area contributed by atoms with Gasteiger partial charge in [-0.1, -0.05) is 156 Å². The van der Waals surface area contributed by atoms with Crippen LogP contribution >= 0.6 is 11.3 Å². The molecule has 0 fully saturated rings. The van der Waals surface area contributed by atoms with Crippen LogP contribution < -0.4 is 30.9 Å². The quantitative estimate of drug-likeness (QED) is 0.164. The number of hydrogen-bond acceptors (Lipinski definition) is 4. The third-order valence-electron chi connectivity index (χ3n) is 13.4. The Morgan fingerprint density at radius 1 is 0.492 bits per heavy atom. The lowest BCUT2D eigenvalue weighted by molar-refractivity contribution is 0.486. The largest absolute Gasteiger partial charge is 0.458 e. The molecule has 0 spiro atoms. The fourth-order valence-electron chi connectivity index (χ4n) is 9.71. The summed E-state index contributed by atoms with van der Waals surface area (Å²) in [5, 5.41) is 2.55. The van der Waals surface area contributed by atoms with Crippen LogP contribution in [0.15, 0.2) is 140 Å². The van der Waals surface area contributed by atoms with Crippen LogP contribution in [-0.4, -0.2) is 6.71 Å². The van der Waals surface area contributed by atoms with Crippen LogP contribution in [-0.2, 0) is 21.7 Å². The van der Waals surface area contributed by atoms with Crippen molar-refractivity contribution in [3.8, 4) is 11.5 Å². The van der Waals surface area contributed by atoms with E-state index in [1.807, 2.05) is 11.3 Å². The van der Waals surface area contributed by atoms with Gasteiger partial charge in [0.2, 0.25) is 0 Å². The topological polar surface area (TPSA) is 15.7 Å². The van der Waals surface area contributed by atoms with Crippen molar-refractivity contribution in [1.29, 1.82) is 0 Å². The van der Waals surface area contributed by atoms with E-state index >= 15 is 0 Å². The van der Waals surface area contributed by atoms with Gasteiger partial charge in [0.15, 0.2) is 0 Å². The SMILES string of the molecule is CC(C)(C)c1ccc(N2c3cccc4c3B(c3cc(C(C)(C)C)ccc3O4)c3c2cc(N(c2ccc(C(C)(C)C)cc2)c2ccc(C(C)(C)C)cc2)c2c3sc3ccccc32)cc1. The normalized spacial score (nSPS) is 13.8. The minimum Gasteiger partial charge on any atom is -0.458 e. The fourth-order valence-corrected chi connectivity index (χ4v) is 11.0. The summed E-state index contributed by atoms with van der Waals surface area (Å²) in [7, 11) is 0. The summed E-state index contributed by atoms with van der Waals surface area (Å²) in [4.78, 5) is 5.04. The Labute approximate surface area is 379 Å². The second-order valence-corrected chi connectivity index (χ2v) is 23.0. The molecular formula is C58H59BN2OS. The van der Waals surface area contributed by atoms with E-state index in [0.29, 0.717) is 0 Å². The number of hydrogen-bond donors (Lipinski definition) is 0. The minimum atomic E-state index is -0.0439. The van der Waals surface area contributed by atoms with Crippen LogP contribution in [0.5, 0.6) is 11.5 Å². The van der Waals surface area contributed by atoms with Crippen molar-refractivity contribution >= 4 is 88.7 Å². The lowest BCUT2D eigenvalue weighted by atomic mass is 9.34. The molecule has 8 aromatic rings. The molecule has 0 radical (unpaired) electrons. The summed E-state index contributed by atoms with van der Waals surface area (Å²) in [6.07, 6.45) is 0. The Balaban J connectivity index is 1.34. The van der Waals surface area contributed by atoms with E-state index in [0.717, 1.165) is 34.2 Å². The van der Waals surface area contributed by atoms with Gasteiger partial charge in [-0.05, 0) is 127 Å². The molecule has 3 heterocycles. The predicted octanol–water partition coefficient (Wildman–Crippen LogP) is 15.1. The van der Waals surface area contributed by atoms with Gasteiger partial charge in [-0.15, -0.1) is 11.3 Å². The van der Waals surface area contributed by atoms with Gasteiger partial charge in [0.25, 0.3) is 6.71 Å². The molecule has 1 aromatic heterocycles. The maximum absolute atomic E-state index is 6.94. The molecule has 0 unspecified atom stereocenters. The highest BCUT2D eigenvalue weighted by Crippen LogP contribution is 2.51. The van der Waals surface area contributed by atoms with Crippen LogP contribution in [0.25, 0.3) is 20.2 Å². The first-order valence-corrected chi connectivity index (χ1v) is 23.4. The maximum Gasteiger partial charge on any atom is 0.258 e. The average molecular weight is 843 g/mol. The number of ether oxygens (including phenoxy) is 1. The summed E-state index contributed by atoms with van der Waals surface area (Å²) in [5.74, 6) is 1.86. The third-order valence-corrected chi connectivity index (χ3v) is 14.6. The molecule has 0 aliphatic carbocycles. The first kappa shape index (κ1) is 41.2. The number of fused-ring (bicyclic) bond motifs is 8. The number of anilines is 6. The van der Waals surface area contributed by atoms with Gasteiger partial charge in [-0.25, -0.2) is 0 Å². The molecule has 0 atom stereocenters. The van der Waals surface area contributed by atoms with Crippen molar-refractivity contribution in [2.45, 2.75) is 105 Å². The fraction of sp³-hybridized carbons (Fsp3) is 0.276. The highest BCUT2D eigenvalue weighted by Gasteiger charge is 2.44. The van der Waals surface area contributed by atoms with Crippen LogP contribution in [0.1, 0.15) is 105 Å². The Hall–Kier alpha value is -5.78. The second kappa shape index (κ2) is 14.4. The van der Waals surface area contributed by atoms with E-state index in [1.54, 1.807) is 0 Å². The first-order chi connectivity index (χ1) is 29.8. The summed E-state index contributed by atoms with van der Waals surface area (Å²) in [6, 6.07) is 52.9. The zero-order chi connectivity index (χ0) is 44.4. The third kappa shape index (κ3) is 6.95. The standard InChI is InChI=1S/C58H59BN2OS/c1-55(2,3)36-20-27-40(28-21-36)60(41-29-22-37(23-30-41)56(4,5)6)46-35-47-53(54-51(46)43-16-13-14-19-50(43)63-54)59-44-34-39(58(10,11)12)26-33-48(44)62-49-18-15-17-45(52(49)59)61(47)42-31-24-38(25-32-42)57(7,8)9/h13-35H,1-12H3. The van der Waals surface area contributed by atoms with Gasteiger partial charge in [-0.3, -0.25) is 0 Å². The Kier molecular flexibility index (Phi) is 9.41. The van der Waals surface area contributed by atoms with Crippen molar-refractivity contribution in [2.24, 2.45) is 0 Å². The molecule has 0 bridgehead atoms. The number of rotatable bonds is 4. The van der Waals surface area contributed by atoms with Crippen molar-refractivity contribution < 1.29 is 4.74 Å². The number of benzene rings is 7. The van der Waals surface area contributed by atoms with Gasteiger partial charge in [-0.2, -0.15) is 0 Å². The predicted molar refractivity (Wildman–Crippen MR) is 275 cm³/mol. The van der Waals surface area contributed by atoms with Gasteiger partial charge in [0, 0.05) is 48.6 Å². The number of nitrogens with zero attached hydrogens (tertiary/aromatic N) is 2. The average Bonchev–Trinajstić information content (AvgIpc) is 3.63. The zero-order valence-electron chi connectivity index (χ0n) is 39.1. The van der Waals surface area contributed by atoms with Crippen molar-refractivity contribution in [1.82, 2.24) is 0 Å². The van der Waals surface area contributed by atoms with Gasteiger partial charge >= 0.3 is 0 Å². The van der Waals surface area contributed by atoms with Crippen LogP contribution in [0.2, 0.25) is 0 Å². The van der Waals surface area contributed by atoms with Crippen LogP contribution in [0, 0.1) is 0 Å². The van der Waals surface area contributed by atoms with Crippen LogP contribution in [0.4, 0.5) is 34.1 Å². The lowest BCUT2D eigenvalue weighted by Gasteiger charge is -2.41. The highest BCUT2D eigenvalue weighted by molar-refractivity contribution is 7.28. The van der Waals surface area contributed by atoms with Crippen LogP contribution in [0.3, 0.4) is 0 Å².